The third kappa shape index (κ3) is 5.08. The van der Waals surface area contributed by atoms with Crippen molar-refractivity contribution in [1.82, 2.24) is 10.2 Å². The summed E-state index contributed by atoms with van der Waals surface area (Å²) in [5, 5.41) is 2.79. The van der Waals surface area contributed by atoms with Gasteiger partial charge in [-0.3, -0.25) is 9.59 Å². The molecule has 0 saturated carbocycles. The van der Waals surface area contributed by atoms with E-state index in [4.69, 9.17) is 9.15 Å². The molecule has 0 spiro atoms. The summed E-state index contributed by atoms with van der Waals surface area (Å²) in [6, 6.07) is 15.1. The van der Waals surface area contributed by atoms with E-state index in [0.717, 1.165) is 11.1 Å². The average molecular weight is 451 g/mol. The Labute approximate surface area is 192 Å². The highest BCUT2D eigenvalue weighted by molar-refractivity contribution is 5.80. The molecule has 0 bridgehead atoms. The second-order valence-electron chi connectivity index (χ2n) is 8.07. The van der Waals surface area contributed by atoms with Crippen LogP contribution in [0.4, 0.5) is 4.39 Å². The molecular formula is C26H27FN2O4. The highest BCUT2D eigenvalue weighted by atomic mass is 19.1. The fraction of sp³-hybridized carbons (Fsp3) is 0.308. The predicted molar refractivity (Wildman–Crippen MR) is 121 cm³/mol. The standard InChI is InChI=1S/C26H27FN2O4/c1-3-24(30)29-12-11-18-9-10-21(15-23(18)25(29)19-6-4-7-20(27)14-19)33-17(2)26(31)28-16-22-8-5-13-32-22/h4-10,13-15,17,25H,3,11-12,16H2,1-2H3,(H,28,31)/t17-,25-/m0/s1. The number of furan rings is 1. The number of carbonyl (C=O) groups excluding carboxylic acids is 2. The van der Waals surface area contributed by atoms with E-state index >= 15 is 0 Å². The lowest BCUT2D eigenvalue weighted by atomic mass is 9.87. The predicted octanol–water partition coefficient (Wildman–Crippen LogP) is 4.39. The van der Waals surface area contributed by atoms with Gasteiger partial charge < -0.3 is 19.4 Å². The number of carbonyl (C=O) groups is 2. The van der Waals surface area contributed by atoms with Gasteiger partial charge in [-0.2, -0.15) is 0 Å². The van der Waals surface area contributed by atoms with Crippen molar-refractivity contribution in [1.29, 1.82) is 0 Å². The Morgan fingerprint density at radius 2 is 2.06 bits per heavy atom. The van der Waals surface area contributed by atoms with Crippen molar-refractivity contribution < 1.29 is 23.1 Å². The molecule has 3 aromatic rings. The summed E-state index contributed by atoms with van der Waals surface area (Å²) in [6.07, 6.45) is 1.88. The quantitative estimate of drug-likeness (QED) is 0.580. The molecule has 4 rings (SSSR count). The van der Waals surface area contributed by atoms with Crippen LogP contribution in [0.2, 0.25) is 0 Å². The number of rotatable bonds is 7. The summed E-state index contributed by atoms with van der Waals surface area (Å²) in [6.45, 7) is 4.34. The van der Waals surface area contributed by atoms with Gasteiger partial charge in [-0.15, -0.1) is 0 Å². The molecule has 1 aromatic heterocycles. The number of halogens is 1. The molecular weight excluding hydrogens is 423 g/mol. The Kier molecular flexibility index (Phi) is 6.77. The first kappa shape index (κ1) is 22.6. The maximum atomic E-state index is 14.0. The van der Waals surface area contributed by atoms with E-state index < -0.39 is 12.1 Å². The Balaban J connectivity index is 1.57. The van der Waals surface area contributed by atoms with Gasteiger partial charge in [-0.25, -0.2) is 4.39 Å². The topological polar surface area (TPSA) is 71.8 Å². The monoisotopic (exact) mass is 450 g/mol. The van der Waals surface area contributed by atoms with Crippen LogP contribution >= 0.6 is 0 Å². The van der Waals surface area contributed by atoms with Crippen molar-refractivity contribution in [3.8, 4) is 5.75 Å². The van der Waals surface area contributed by atoms with E-state index in [0.29, 0.717) is 36.5 Å². The molecule has 0 aliphatic carbocycles. The lowest BCUT2D eigenvalue weighted by Crippen LogP contribution is -2.40. The Morgan fingerprint density at radius 3 is 2.79 bits per heavy atom. The second kappa shape index (κ2) is 9.90. The number of hydrogen-bond donors (Lipinski definition) is 1. The summed E-state index contributed by atoms with van der Waals surface area (Å²) < 4.78 is 25.2. The van der Waals surface area contributed by atoms with E-state index in [1.54, 1.807) is 36.3 Å². The first-order chi connectivity index (χ1) is 16.0. The van der Waals surface area contributed by atoms with E-state index in [1.807, 2.05) is 31.2 Å². The number of ether oxygens (including phenoxy) is 1. The van der Waals surface area contributed by atoms with Gasteiger partial charge in [0.1, 0.15) is 17.3 Å². The molecule has 1 aliphatic rings. The highest BCUT2D eigenvalue weighted by Crippen LogP contribution is 2.37. The van der Waals surface area contributed by atoms with E-state index in [-0.39, 0.29) is 24.2 Å². The van der Waals surface area contributed by atoms with Crippen LogP contribution in [-0.2, 0) is 22.6 Å². The molecule has 0 fully saturated rings. The van der Waals surface area contributed by atoms with Crippen molar-refractivity contribution in [2.75, 3.05) is 6.54 Å². The maximum Gasteiger partial charge on any atom is 0.261 e. The minimum Gasteiger partial charge on any atom is -0.481 e. The van der Waals surface area contributed by atoms with Crippen LogP contribution in [0, 0.1) is 5.82 Å². The third-order valence-electron chi connectivity index (χ3n) is 5.83. The van der Waals surface area contributed by atoms with Gasteiger partial charge in [-0.05, 0) is 66.4 Å². The summed E-state index contributed by atoms with van der Waals surface area (Å²) >= 11 is 0. The zero-order valence-corrected chi connectivity index (χ0v) is 18.7. The minimum atomic E-state index is -0.734. The number of nitrogens with one attached hydrogen (secondary N) is 1. The van der Waals surface area contributed by atoms with Crippen molar-refractivity contribution >= 4 is 11.8 Å². The number of amides is 2. The first-order valence-corrected chi connectivity index (χ1v) is 11.1. The van der Waals surface area contributed by atoms with Crippen LogP contribution in [0.25, 0.3) is 0 Å². The molecule has 33 heavy (non-hydrogen) atoms. The van der Waals surface area contributed by atoms with Crippen LogP contribution in [0.15, 0.2) is 65.3 Å². The normalized spacial score (nSPS) is 16.1. The molecule has 1 aliphatic heterocycles. The van der Waals surface area contributed by atoms with Crippen LogP contribution in [0.5, 0.6) is 5.75 Å². The molecule has 2 aromatic carbocycles. The van der Waals surface area contributed by atoms with Crippen LogP contribution in [0.1, 0.15) is 48.8 Å². The number of nitrogens with zero attached hydrogens (tertiary/aromatic N) is 1. The van der Waals surface area contributed by atoms with Gasteiger partial charge in [0.05, 0.1) is 18.8 Å². The summed E-state index contributed by atoms with van der Waals surface area (Å²) in [4.78, 5) is 27.0. The minimum absolute atomic E-state index is 0.00639. The van der Waals surface area contributed by atoms with E-state index in [1.165, 1.54) is 12.1 Å². The Hall–Kier alpha value is -3.61. The average Bonchev–Trinajstić information content (AvgIpc) is 3.35. The molecule has 1 N–H and O–H groups in total. The lowest BCUT2D eigenvalue weighted by molar-refractivity contribution is -0.133. The molecule has 0 radical (unpaired) electrons. The van der Waals surface area contributed by atoms with Gasteiger partial charge >= 0.3 is 0 Å². The van der Waals surface area contributed by atoms with E-state index in [2.05, 4.69) is 5.32 Å². The Morgan fingerprint density at radius 1 is 1.21 bits per heavy atom. The molecule has 7 heteroatoms. The Bertz CT molecular complexity index is 1130. The summed E-state index contributed by atoms with van der Waals surface area (Å²) in [7, 11) is 0. The second-order valence-corrected chi connectivity index (χ2v) is 8.07. The summed E-state index contributed by atoms with van der Waals surface area (Å²) in [5.74, 6) is 0.558. The lowest BCUT2D eigenvalue weighted by Gasteiger charge is -2.38. The van der Waals surface area contributed by atoms with Crippen LogP contribution < -0.4 is 10.1 Å². The maximum absolute atomic E-state index is 14.0. The third-order valence-corrected chi connectivity index (χ3v) is 5.83. The van der Waals surface area contributed by atoms with Crippen molar-refractivity contribution in [3.05, 3.63) is 89.1 Å². The fourth-order valence-electron chi connectivity index (χ4n) is 4.16. The largest absolute Gasteiger partial charge is 0.481 e. The zero-order valence-electron chi connectivity index (χ0n) is 18.7. The molecule has 0 unspecified atom stereocenters. The number of fused-ring (bicyclic) bond motifs is 1. The zero-order chi connectivity index (χ0) is 23.4. The summed E-state index contributed by atoms with van der Waals surface area (Å²) in [5.41, 5.74) is 2.67. The van der Waals surface area contributed by atoms with Gasteiger partial charge in [0.25, 0.3) is 5.91 Å². The number of hydrogen-bond acceptors (Lipinski definition) is 4. The van der Waals surface area contributed by atoms with Gasteiger partial charge in [0.2, 0.25) is 5.91 Å². The van der Waals surface area contributed by atoms with Crippen molar-refractivity contribution in [2.24, 2.45) is 0 Å². The molecule has 0 saturated heterocycles. The SMILES string of the molecule is CCC(=O)N1CCc2ccc(O[C@@H](C)C(=O)NCc3ccco3)cc2[C@@H]1c1cccc(F)c1. The molecule has 6 nitrogen and oxygen atoms in total. The van der Waals surface area contributed by atoms with Crippen LogP contribution in [0.3, 0.4) is 0 Å². The smallest absolute Gasteiger partial charge is 0.261 e. The van der Waals surface area contributed by atoms with Gasteiger partial charge in [0.15, 0.2) is 6.10 Å². The first-order valence-electron chi connectivity index (χ1n) is 11.1. The molecule has 2 amide bonds. The van der Waals surface area contributed by atoms with Crippen LogP contribution in [-0.4, -0.2) is 29.4 Å². The molecule has 2 heterocycles. The van der Waals surface area contributed by atoms with Gasteiger partial charge in [0, 0.05) is 13.0 Å². The van der Waals surface area contributed by atoms with Crippen molar-refractivity contribution in [2.45, 2.75) is 45.4 Å². The molecule has 172 valence electrons. The highest BCUT2D eigenvalue weighted by Gasteiger charge is 2.32. The fourth-order valence-corrected chi connectivity index (χ4v) is 4.16. The van der Waals surface area contributed by atoms with Crippen molar-refractivity contribution in [3.63, 3.8) is 0 Å². The van der Waals surface area contributed by atoms with E-state index in [9.17, 15) is 14.0 Å². The number of benzene rings is 2. The molecule has 2 atom stereocenters. The van der Waals surface area contributed by atoms with Gasteiger partial charge in [-0.1, -0.05) is 25.1 Å².